The van der Waals surface area contributed by atoms with E-state index in [1.54, 1.807) is 12.1 Å². The number of ether oxygens (including phenoxy) is 1. The van der Waals surface area contributed by atoms with Crippen molar-refractivity contribution in [2.24, 2.45) is 0 Å². The molecule has 3 aromatic carbocycles. The number of carbonyl (C=O) groups is 1. The number of anilines is 1. The fourth-order valence-corrected chi connectivity index (χ4v) is 4.23. The Morgan fingerprint density at radius 1 is 1.00 bits per heavy atom. The van der Waals surface area contributed by atoms with Crippen molar-refractivity contribution >= 4 is 21.7 Å². The molecule has 0 aliphatic rings. The van der Waals surface area contributed by atoms with Gasteiger partial charge >= 0.3 is 18.8 Å². The second kappa shape index (κ2) is 14.8. The third kappa shape index (κ3) is 11.5. The van der Waals surface area contributed by atoms with E-state index in [0.717, 1.165) is 22.9 Å². The monoisotopic (exact) mass is 620 g/mol. The number of aliphatic hydroxyl groups excluding tert-OH is 1. The number of rotatable bonds is 11. The van der Waals surface area contributed by atoms with E-state index in [1.807, 2.05) is 31.2 Å². The molecule has 0 fully saturated rings. The maximum Gasteiger partial charge on any atom is 0.490 e. The van der Waals surface area contributed by atoms with Gasteiger partial charge in [0.05, 0.1) is 18.0 Å². The van der Waals surface area contributed by atoms with Crippen LogP contribution in [0.1, 0.15) is 34.4 Å². The Labute approximate surface area is 238 Å². The number of aliphatic hydroxyl groups is 1. The molecule has 0 amide bonds. The minimum Gasteiger partial charge on any atom is -0.506 e. The van der Waals surface area contributed by atoms with Crippen LogP contribution in [0.3, 0.4) is 0 Å². The number of phenols is 1. The Bertz CT molecular complexity index is 1440. The van der Waals surface area contributed by atoms with Crippen LogP contribution in [0.5, 0.6) is 11.5 Å². The summed E-state index contributed by atoms with van der Waals surface area (Å²) in [6, 6.07) is 18.1. The van der Waals surface area contributed by atoms with Crippen molar-refractivity contribution in [3.63, 3.8) is 0 Å². The van der Waals surface area contributed by atoms with Gasteiger partial charge in [-0.25, -0.2) is 13.2 Å². The third-order valence-corrected chi connectivity index (χ3v) is 6.28. The van der Waals surface area contributed by atoms with Gasteiger partial charge in [-0.2, -0.15) is 22.0 Å². The third-order valence-electron chi connectivity index (χ3n) is 5.69. The van der Waals surface area contributed by atoms with Gasteiger partial charge in [-0.3, -0.25) is 4.72 Å². The lowest BCUT2D eigenvalue weighted by Gasteiger charge is -2.23. The number of hydrogen-bond donors (Lipinski definition) is 5. The highest BCUT2D eigenvalue weighted by molar-refractivity contribution is 7.92. The van der Waals surface area contributed by atoms with Crippen LogP contribution >= 0.6 is 0 Å². The predicted octanol–water partition coefficient (Wildman–Crippen LogP) is 4.91. The number of benzene rings is 3. The van der Waals surface area contributed by atoms with E-state index < -0.39 is 34.9 Å². The Hall–Kier alpha value is -3.95. The molecule has 15 heteroatoms. The number of nitrogens with one attached hydrogen (secondary N) is 2. The highest BCUT2D eigenvalue weighted by Gasteiger charge is 2.38. The van der Waals surface area contributed by atoms with Gasteiger partial charge in [0.2, 0.25) is 10.0 Å². The number of carboxylic acid groups (broad SMARTS) is 1. The highest BCUT2D eigenvalue weighted by Crippen LogP contribution is 2.29. The van der Waals surface area contributed by atoms with Gasteiger partial charge < -0.3 is 25.4 Å². The number of aliphatic carboxylic acids is 1. The van der Waals surface area contributed by atoms with E-state index >= 15 is 0 Å². The van der Waals surface area contributed by atoms with Crippen molar-refractivity contribution in [1.82, 2.24) is 5.32 Å². The summed E-state index contributed by atoms with van der Waals surface area (Å²) in [4.78, 5) is 8.90. The molecular formula is C27H29F5N2O7S. The van der Waals surface area contributed by atoms with Gasteiger partial charge in [0.1, 0.15) is 11.5 Å². The Morgan fingerprint density at radius 2 is 1.57 bits per heavy atom. The van der Waals surface area contributed by atoms with Gasteiger partial charge in [-0.1, -0.05) is 42.5 Å². The van der Waals surface area contributed by atoms with Crippen molar-refractivity contribution in [1.29, 1.82) is 0 Å². The summed E-state index contributed by atoms with van der Waals surface area (Å²) in [6.07, 6.45) is -4.56. The fourth-order valence-electron chi connectivity index (χ4n) is 3.66. The summed E-state index contributed by atoms with van der Waals surface area (Å²) in [5.74, 6) is -2.97. The number of hydrogen-bond acceptors (Lipinski definition) is 7. The average Bonchev–Trinajstić information content (AvgIpc) is 2.88. The first kappa shape index (κ1) is 34.3. The van der Waals surface area contributed by atoms with E-state index in [1.165, 1.54) is 30.3 Å². The molecule has 0 saturated heterocycles. The summed E-state index contributed by atoms with van der Waals surface area (Å²) in [7, 11) is -3.62. The van der Waals surface area contributed by atoms with Crippen LogP contribution in [0.2, 0.25) is 0 Å². The van der Waals surface area contributed by atoms with E-state index in [9.17, 15) is 40.6 Å². The smallest absolute Gasteiger partial charge is 0.490 e. The Morgan fingerprint density at radius 3 is 2.10 bits per heavy atom. The van der Waals surface area contributed by atoms with Crippen molar-refractivity contribution in [3.8, 4) is 11.5 Å². The van der Waals surface area contributed by atoms with Gasteiger partial charge in [0.25, 0.3) is 0 Å². The molecule has 0 spiro atoms. The normalized spacial score (nSPS) is 13.1. The summed E-state index contributed by atoms with van der Waals surface area (Å²) < 4.78 is 86.5. The average molecular weight is 621 g/mol. The second-order valence-corrected chi connectivity index (χ2v) is 10.8. The summed E-state index contributed by atoms with van der Waals surface area (Å²) >= 11 is 0. The number of halogens is 5. The zero-order valence-corrected chi connectivity index (χ0v) is 23.1. The van der Waals surface area contributed by atoms with E-state index in [0.29, 0.717) is 12.0 Å². The van der Waals surface area contributed by atoms with Crippen LogP contribution in [-0.2, 0) is 21.2 Å². The molecule has 3 aromatic rings. The van der Waals surface area contributed by atoms with Crippen molar-refractivity contribution < 1.29 is 55.2 Å². The molecule has 9 nitrogen and oxygen atoms in total. The zero-order chi connectivity index (χ0) is 31.7. The highest BCUT2D eigenvalue weighted by atomic mass is 32.2. The maximum atomic E-state index is 12.5. The lowest BCUT2D eigenvalue weighted by Crippen LogP contribution is -2.28. The van der Waals surface area contributed by atoms with Gasteiger partial charge in [-0.15, -0.1) is 0 Å². The number of sulfonamides is 1. The summed E-state index contributed by atoms with van der Waals surface area (Å²) in [5, 5.41) is 31.1. The first-order chi connectivity index (χ1) is 19.5. The number of aromatic hydroxyl groups is 1. The lowest BCUT2D eigenvalue weighted by atomic mass is 9.95. The van der Waals surface area contributed by atoms with Crippen molar-refractivity contribution in [3.05, 3.63) is 89.0 Å². The van der Waals surface area contributed by atoms with Crippen molar-refractivity contribution in [2.45, 2.75) is 38.3 Å². The predicted molar refractivity (Wildman–Crippen MR) is 144 cm³/mol. The van der Waals surface area contributed by atoms with Crippen LogP contribution in [0.25, 0.3) is 0 Å². The molecule has 42 heavy (non-hydrogen) atoms. The molecule has 0 saturated carbocycles. The SMILES string of the molecule is Cc1ccccc1CC(NC[C@H](O)c1ccc(O)c(NS(C)(=O)=O)c1)c1ccc(OC(F)F)cc1.O=C(O)C(F)(F)F. The molecule has 0 aromatic heterocycles. The second-order valence-electron chi connectivity index (χ2n) is 9.01. The molecule has 5 N–H and O–H groups in total. The first-order valence-corrected chi connectivity index (χ1v) is 14.0. The van der Waals surface area contributed by atoms with Crippen LogP contribution in [0.4, 0.5) is 27.6 Å². The molecule has 3 rings (SSSR count). The molecule has 0 bridgehead atoms. The van der Waals surface area contributed by atoms with Crippen molar-refractivity contribution in [2.75, 3.05) is 17.5 Å². The number of phenolic OH excluding ortho intramolecular Hbond substituents is 1. The quantitative estimate of drug-likeness (QED) is 0.150. The number of alkyl halides is 5. The maximum absolute atomic E-state index is 12.5. The molecule has 230 valence electrons. The van der Waals surface area contributed by atoms with Gasteiger partial charge in [-0.05, 0) is 59.9 Å². The summed E-state index contributed by atoms with van der Waals surface area (Å²) in [5.41, 5.74) is 3.35. The van der Waals surface area contributed by atoms with E-state index in [4.69, 9.17) is 9.90 Å². The zero-order valence-electron chi connectivity index (χ0n) is 22.3. The topological polar surface area (TPSA) is 145 Å². The molecule has 0 heterocycles. The summed E-state index contributed by atoms with van der Waals surface area (Å²) in [6.45, 7) is -0.813. The molecular weight excluding hydrogens is 591 g/mol. The Balaban J connectivity index is 0.000000782. The minimum absolute atomic E-state index is 0.0323. The van der Waals surface area contributed by atoms with Crippen LogP contribution < -0.4 is 14.8 Å². The van der Waals surface area contributed by atoms with Crippen LogP contribution in [-0.4, -0.2) is 55.3 Å². The van der Waals surface area contributed by atoms with E-state index in [2.05, 4.69) is 14.8 Å². The fraction of sp³-hybridized carbons (Fsp3) is 0.296. The largest absolute Gasteiger partial charge is 0.506 e. The van der Waals surface area contributed by atoms with Gasteiger partial charge in [0, 0.05) is 12.6 Å². The molecule has 1 unspecified atom stereocenters. The van der Waals surface area contributed by atoms with Crippen LogP contribution in [0.15, 0.2) is 66.7 Å². The van der Waals surface area contributed by atoms with E-state index in [-0.39, 0.29) is 29.8 Å². The lowest BCUT2D eigenvalue weighted by molar-refractivity contribution is -0.192. The minimum atomic E-state index is -5.08. The first-order valence-electron chi connectivity index (χ1n) is 12.1. The van der Waals surface area contributed by atoms with Gasteiger partial charge in [0.15, 0.2) is 0 Å². The Kier molecular flexibility index (Phi) is 12.1. The standard InChI is InChI=1S/C25H28F2N2O5S.C2HF3O2/c1-16-5-3-4-6-18(16)13-21(17-7-10-20(11-8-17)34-25(26)27)28-15-24(31)19-9-12-23(30)22(14-19)29-35(2,32)33;3-2(4,5)1(6)7/h3-12,14,21,24-25,28-31H,13,15H2,1-2H3;(H,6,7)/t21?,24-;/m0./s1. The molecule has 0 radical (unpaired) electrons. The molecule has 0 aliphatic heterocycles. The molecule has 0 aliphatic carbocycles. The number of aryl methyl sites for hydroxylation is 1. The number of carboxylic acids is 1. The molecule has 2 atom stereocenters. The van der Waals surface area contributed by atoms with Crippen LogP contribution in [0, 0.1) is 6.92 Å².